The normalized spacial score (nSPS) is 17.7. The standard InChI is InChI=1S/C28H35NO6/c1-8-9-20-14-18(2)23(19(3)15-20)24-21(30)16-28(17-22(24)35-26(32)33-6)10-12-29(13-11-28)25(31)27(4,5)34-7/h14-15H,10-13,16-17H2,1-7H3. The van der Waals surface area contributed by atoms with E-state index in [-0.39, 0.29) is 17.1 Å². The second-order valence-corrected chi connectivity index (χ2v) is 10.00. The van der Waals surface area contributed by atoms with E-state index in [4.69, 9.17) is 14.2 Å². The molecule has 1 aromatic rings. The molecule has 1 spiro atoms. The largest absolute Gasteiger partial charge is 0.513 e. The molecule has 7 nitrogen and oxygen atoms in total. The van der Waals surface area contributed by atoms with Gasteiger partial charge in [-0.2, -0.15) is 0 Å². The van der Waals surface area contributed by atoms with Gasteiger partial charge in [0.05, 0.1) is 12.7 Å². The number of nitrogens with zero attached hydrogens (tertiary/aromatic N) is 1. The fourth-order valence-corrected chi connectivity index (χ4v) is 5.16. The highest BCUT2D eigenvalue weighted by Crippen LogP contribution is 2.48. The van der Waals surface area contributed by atoms with Crippen molar-refractivity contribution in [3.05, 3.63) is 40.1 Å². The van der Waals surface area contributed by atoms with Crippen LogP contribution >= 0.6 is 0 Å². The van der Waals surface area contributed by atoms with Crippen LogP contribution in [0.2, 0.25) is 0 Å². The highest BCUT2D eigenvalue weighted by Gasteiger charge is 2.46. The summed E-state index contributed by atoms with van der Waals surface area (Å²) in [4.78, 5) is 40.5. The topological polar surface area (TPSA) is 82.1 Å². The van der Waals surface area contributed by atoms with Gasteiger partial charge < -0.3 is 19.1 Å². The van der Waals surface area contributed by atoms with Crippen molar-refractivity contribution in [2.24, 2.45) is 5.41 Å². The number of piperidine rings is 1. The van der Waals surface area contributed by atoms with Crippen LogP contribution in [0.4, 0.5) is 4.79 Å². The maximum atomic E-state index is 13.7. The van der Waals surface area contributed by atoms with Gasteiger partial charge in [-0.3, -0.25) is 9.59 Å². The molecular formula is C28H35NO6. The lowest BCUT2D eigenvalue weighted by atomic mass is 9.66. The average molecular weight is 482 g/mol. The SMILES string of the molecule is CC#Cc1cc(C)c(C2=C(OC(=O)OC)CC3(CCN(C(=O)C(C)(C)OC)CC3)CC2=O)c(C)c1. The lowest BCUT2D eigenvalue weighted by Gasteiger charge is -2.45. The number of carbonyl (C=O) groups excluding carboxylic acids is 3. The molecule has 1 heterocycles. The Kier molecular flexibility index (Phi) is 7.76. The van der Waals surface area contributed by atoms with E-state index in [0.717, 1.165) is 22.3 Å². The number of aryl methyl sites for hydroxylation is 2. The van der Waals surface area contributed by atoms with Gasteiger partial charge >= 0.3 is 6.16 Å². The summed E-state index contributed by atoms with van der Waals surface area (Å²) in [7, 11) is 2.77. The molecule has 1 aliphatic carbocycles. The molecule has 1 saturated heterocycles. The predicted molar refractivity (Wildman–Crippen MR) is 132 cm³/mol. The lowest BCUT2D eigenvalue weighted by Crippen LogP contribution is -2.52. The number of hydrogen-bond donors (Lipinski definition) is 0. The number of ether oxygens (including phenoxy) is 3. The third-order valence-electron chi connectivity index (χ3n) is 7.19. The zero-order valence-electron chi connectivity index (χ0n) is 21.8. The molecule has 7 heteroatoms. The van der Waals surface area contributed by atoms with Gasteiger partial charge in [0, 0.05) is 38.6 Å². The molecule has 0 atom stereocenters. The van der Waals surface area contributed by atoms with Gasteiger partial charge in [-0.15, -0.1) is 5.92 Å². The maximum absolute atomic E-state index is 13.7. The van der Waals surface area contributed by atoms with Crippen LogP contribution < -0.4 is 0 Å². The summed E-state index contributed by atoms with van der Waals surface area (Å²) in [6.07, 6.45) is 1.18. The van der Waals surface area contributed by atoms with E-state index in [1.165, 1.54) is 14.2 Å². The molecule has 0 saturated carbocycles. The summed E-state index contributed by atoms with van der Waals surface area (Å²) in [5.74, 6) is 6.17. The molecule has 0 unspecified atom stereocenters. The molecule has 0 bridgehead atoms. The minimum Gasteiger partial charge on any atom is -0.437 e. The lowest BCUT2D eigenvalue weighted by molar-refractivity contribution is -0.153. The van der Waals surface area contributed by atoms with Crippen LogP contribution in [0, 0.1) is 31.1 Å². The first-order valence-corrected chi connectivity index (χ1v) is 11.9. The second kappa shape index (κ2) is 10.2. The van der Waals surface area contributed by atoms with Crippen LogP contribution in [0.1, 0.15) is 68.7 Å². The van der Waals surface area contributed by atoms with Gasteiger partial charge in [0.15, 0.2) is 5.78 Å². The molecular weight excluding hydrogens is 446 g/mol. The Morgan fingerprint density at radius 2 is 1.66 bits per heavy atom. The van der Waals surface area contributed by atoms with Crippen molar-refractivity contribution in [1.29, 1.82) is 0 Å². The third kappa shape index (κ3) is 5.43. The summed E-state index contributed by atoms with van der Waals surface area (Å²) in [6, 6.07) is 3.89. The van der Waals surface area contributed by atoms with E-state index >= 15 is 0 Å². The van der Waals surface area contributed by atoms with Crippen molar-refractivity contribution in [1.82, 2.24) is 4.90 Å². The number of amides is 1. The fraction of sp³-hybridized carbons (Fsp3) is 0.536. The van der Waals surface area contributed by atoms with Crippen molar-refractivity contribution >= 4 is 23.4 Å². The van der Waals surface area contributed by atoms with Crippen molar-refractivity contribution < 1.29 is 28.6 Å². The number of rotatable bonds is 4. The maximum Gasteiger partial charge on any atom is 0.513 e. The molecule has 1 aliphatic heterocycles. The number of likely N-dealkylation sites (tertiary alicyclic amines) is 1. The van der Waals surface area contributed by atoms with E-state index < -0.39 is 11.8 Å². The molecule has 188 valence electrons. The fourth-order valence-electron chi connectivity index (χ4n) is 5.16. The van der Waals surface area contributed by atoms with Crippen molar-refractivity contribution in [3.8, 4) is 11.8 Å². The van der Waals surface area contributed by atoms with Gasteiger partial charge in [-0.25, -0.2) is 4.79 Å². The molecule has 1 amide bonds. The smallest absolute Gasteiger partial charge is 0.437 e. The molecule has 2 aliphatic rings. The first-order valence-electron chi connectivity index (χ1n) is 11.9. The summed E-state index contributed by atoms with van der Waals surface area (Å²) < 4.78 is 15.7. The Morgan fingerprint density at radius 1 is 1.06 bits per heavy atom. The minimum absolute atomic E-state index is 0.0623. The summed E-state index contributed by atoms with van der Waals surface area (Å²) >= 11 is 0. The number of hydrogen-bond acceptors (Lipinski definition) is 6. The number of allylic oxidation sites excluding steroid dienone is 2. The number of ketones is 1. The third-order valence-corrected chi connectivity index (χ3v) is 7.19. The first-order chi connectivity index (χ1) is 16.5. The monoisotopic (exact) mass is 481 g/mol. The molecule has 3 rings (SSSR count). The predicted octanol–water partition coefficient (Wildman–Crippen LogP) is 4.57. The Hall–Kier alpha value is -3.11. The minimum atomic E-state index is -0.900. The van der Waals surface area contributed by atoms with Crippen LogP contribution in [0.3, 0.4) is 0 Å². The van der Waals surface area contributed by atoms with Crippen LogP contribution in [-0.4, -0.2) is 55.7 Å². The molecule has 0 radical (unpaired) electrons. The van der Waals surface area contributed by atoms with Crippen LogP contribution in [-0.2, 0) is 23.8 Å². The summed E-state index contributed by atoms with van der Waals surface area (Å²) in [5.41, 5.74) is 2.60. The Labute approximate surface area is 207 Å². The first kappa shape index (κ1) is 26.5. The van der Waals surface area contributed by atoms with Crippen LogP contribution in [0.5, 0.6) is 0 Å². The van der Waals surface area contributed by atoms with E-state index in [0.29, 0.717) is 50.1 Å². The van der Waals surface area contributed by atoms with E-state index in [2.05, 4.69) is 11.8 Å². The van der Waals surface area contributed by atoms with Gasteiger partial charge in [-0.05, 0) is 81.7 Å². The van der Waals surface area contributed by atoms with E-state index in [1.54, 1.807) is 25.7 Å². The highest BCUT2D eigenvalue weighted by atomic mass is 16.7. The highest BCUT2D eigenvalue weighted by molar-refractivity contribution is 6.23. The number of methoxy groups -OCH3 is 2. The van der Waals surface area contributed by atoms with Gasteiger partial charge in [0.25, 0.3) is 5.91 Å². The Bertz CT molecular complexity index is 1100. The van der Waals surface area contributed by atoms with Crippen molar-refractivity contribution in [2.75, 3.05) is 27.3 Å². The average Bonchev–Trinajstić information content (AvgIpc) is 2.80. The van der Waals surface area contributed by atoms with Crippen LogP contribution in [0.15, 0.2) is 17.9 Å². The number of carbonyl (C=O) groups is 3. The quantitative estimate of drug-likeness (QED) is 0.463. The van der Waals surface area contributed by atoms with Crippen molar-refractivity contribution in [2.45, 2.75) is 65.9 Å². The molecule has 35 heavy (non-hydrogen) atoms. The molecule has 1 fully saturated rings. The van der Waals surface area contributed by atoms with E-state index in [1.807, 2.05) is 26.0 Å². The Morgan fingerprint density at radius 3 is 2.17 bits per heavy atom. The van der Waals surface area contributed by atoms with Gasteiger partial charge in [0.1, 0.15) is 11.4 Å². The van der Waals surface area contributed by atoms with Crippen molar-refractivity contribution in [3.63, 3.8) is 0 Å². The molecule has 0 N–H and O–H groups in total. The summed E-state index contributed by atoms with van der Waals surface area (Å²) in [5, 5.41) is 0. The van der Waals surface area contributed by atoms with Crippen LogP contribution in [0.25, 0.3) is 5.57 Å². The molecule has 1 aromatic carbocycles. The second-order valence-electron chi connectivity index (χ2n) is 10.00. The van der Waals surface area contributed by atoms with Gasteiger partial charge in [0.2, 0.25) is 0 Å². The van der Waals surface area contributed by atoms with E-state index in [9.17, 15) is 14.4 Å². The Balaban J connectivity index is 1.98. The summed E-state index contributed by atoms with van der Waals surface area (Å²) in [6.45, 7) is 10.2. The molecule has 0 aromatic heterocycles. The zero-order valence-corrected chi connectivity index (χ0v) is 21.8. The zero-order chi connectivity index (χ0) is 26.0. The number of Topliss-reactive ketones (excluding diaryl/α,β-unsaturated/α-hetero) is 1. The van der Waals surface area contributed by atoms with Gasteiger partial charge in [-0.1, -0.05) is 5.92 Å². The number of benzene rings is 1.